The van der Waals surface area contributed by atoms with Crippen LogP contribution in [-0.2, 0) is 14.3 Å². The van der Waals surface area contributed by atoms with E-state index in [4.69, 9.17) is 4.74 Å². The molecular weight excluding hydrogens is 280 g/mol. The molecule has 0 spiro atoms. The Morgan fingerprint density at radius 3 is 2.64 bits per heavy atom. The van der Waals surface area contributed by atoms with Crippen molar-refractivity contribution in [1.29, 1.82) is 0 Å². The summed E-state index contributed by atoms with van der Waals surface area (Å²) in [7, 11) is 0. The molecule has 0 aliphatic carbocycles. The molecule has 1 saturated heterocycles. The lowest BCUT2D eigenvalue weighted by molar-refractivity contribution is -0.138. The van der Waals surface area contributed by atoms with E-state index >= 15 is 0 Å². The molecule has 1 aromatic carbocycles. The van der Waals surface area contributed by atoms with Crippen molar-refractivity contribution >= 4 is 11.8 Å². The molecular formula is C17H24N2O3. The average molecular weight is 304 g/mol. The Bertz CT molecular complexity index is 527. The predicted molar refractivity (Wildman–Crippen MR) is 84.3 cm³/mol. The molecule has 0 radical (unpaired) electrons. The van der Waals surface area contributed by atoms with Crippen molar-refractivity contribution in [2.24, 2.45) is 0 Å². The summed E-state index contributed by atoms with van der Waals surface area (Å²) in [6.45, 7) is 7.25. The maximum Gasteiger partial charge on any atom is 0.225 e. The smallest absolute Gasteiger partial charge is 0.225 e. The molecule has 0 bridgehead atoms. The normalized spacial score (nSPS) is 19.6. The van der Waals surface area contributed by atoms with Crippen molar-refractivity contribution in [3.63, 3.8) is 0 Å². The molecule has 0 saturated carbocycles. The first-order chi connectivity index (χ1) is 10.5. The fourth-order valence-corrected chi connectivity index (χ4v) is 2.65. The quantitative estimate of drug-likeness (QED) is 0.923. The molecule has 1 aliphatic heterocycles. The fraction of sp³-hybridized carbons (Fsp3) is 0.529. The first kappa shape index (κ1) is 16.5. The average Bonchev–Trinajstić information content (AvgIpc) is 2.47. The van der Waals surface area contributed by atoms with Gasteiger partial charge in [-0.3, -0.25) is 9.59 Å². The monoisotopic (exact) mass is 304 g/mol. The molecule has 1 aromatic rings. The number of nitrogens with one attached hydrogen (secondary N) is 1. The maximum absolute atomic E-state index is 12.5. The number of benzene rings is 1. The summed E-state index contributed by atoms with van der Waals surface area (Å²) in [5, 5.41) is 2.88. The Morgan fingerprint density at radius 1 is 1.36 bits per heavy atom. The molecule has 2 atom stereocenters. The number of hydrogen-bond acceptors (Lipinski definition) is 3. The van der Waals surface area contributed by atoms with E-state index < -0.39 is 0 Å². The van der Waals surface area contributed by atoms with Gasteiger partial charge >= 0.3 is 0 Å². The summed E-state index contributed by atoms with van der Waals surface area (Å²) in [6.07, 6.45) is 0.339. The Kier molecular flexibility index (Phi) is 5.55. The molecule has 1 N–H and O–H groups in total. The SMILES string of the molecule is CC(=O)NC(CC(=O)N1CCOC(C)C1)c1ccc(C)cc1. The third-order valence-corrected chi connectivity index (χ3v) is 3.83. The van der Waals surface area contributed by atoms with Gasteiger partial charge in [-0.1, -0.05) is 29.8 Å². The molecule has 2 amide bonds. The largest absolute Gasteiger partial charge is 0.375 e. The van der Waals surface area contributed by atoms with Gasteiger partial charge in [-0.05, 0) is 19.4 Å². The molecule has 1 fully saturated rings. The van der Waals surface area contributed by atoms with E-state index in [1.165, 1.54) is 6.92 Å². The van der Waals surface area contributed by atoms with E-state index in [1.807, 2.05) is 43.0 Å². The summed E-state index contributed by atoms with van der Waals surface area (Å²) < 4.78 is 5.46. The van der Waals surface area contributed by atoms with E-state index in [-0.39, 0.29) is 30.4 Å². The number of carbonyl (C=O) groups is 2. The summed E-state index contributed by atoms with van der Waals surface area (Å²) >= 11 is 0. The van der Waals surface area contributed by atoms with Crippen molar-refractivity contribution in [2.45, 2.75) is 39.3 Å². The van der Waals surface area contributed by atoms with Crippen LogP contribution < -0.4 is 5.32 Å². The molecule has 1 heterocycles. The van der Waals surface area contributed by atoms with Gasteiger partial charge in [-0.2, -0.15) is 0 Å². The van der Waals surface area contributed by atoms with Gasteiger partial charge in [0.25, 0.3) is 0 Å². The van der Waals surface area contributed by atoms with E-state index in [0.717, 1.165) is 11.1 Å². The maximum atomic E-state index is 12.5. The van der Waals surface area contributed by atoms with Gasteiger partial charge in [-0.25, -0.2) is 0 Å². The Labute approximate surface area is 131 Å². The lowest BCUT2D eigenvalue weighted by Gasteiger charge is -2.32. The Morgan fingerprint density at radius 2 is 2.05 bits per heavy atom. The molecule has 120 valence electrons. The van der Waals surface area contributed by atoms with Crippen molar-refractivity contribution in [3.05, 3.63) is 35.4 Å². The van der Waals surface area contributed by atoms with Crippen LogP contribution in [0.2, 0.25) is 0 Å². The van der Waals surface area contributed by atoms with E-state index in [0.29, 0.717) is 19.7 Å². The molecule has 5 heteroatoms. The predicted octanol–water partition coefficient (Wildman–Crippen LogP) is 1.81. The zero-order valence-electron chi connectivity index (χ0n) is 13.5. The highest BCUT2D eigenvalue weighted by Gasteiger charge is 2.25. The highest BCUT2D eigenvalue weighted by Crippen LogP contribution is 2.19. The van der Waals surface area contributed by atoms with Crippen molar-refractivity contribution in [3.8, 4) is 0 Å². The zero-order valence-corrected chi connectivity index (χ0v) is 13.5. The van der Waals surface area contributed by atoms with Gasteiger partial charge in [0.1, 0.15) is 0 Å². The van der Waals surface area contributed by atoms with Gasteiger partial charge < -0.3 is 15.0 Å². The second-order valence-electron chi connectivity index (χ2n) is 5.89. The van der Waals surface area contributed by atoms with Crippen LogP contribution in [0.1, 0.15) is 37.4 Å². The van der Waals surface area contributed by atoms with Gasteiger partial charge in [-0.15, -0.1) is 0 Å². The minimum absolute atomic E-state index is 0.0504. The zero-order chi connectivity index (χ0) is 16.1. The molecule has 22 heavy (non-hydrogen) atoms. The van der Waals surface area contributed by atoms with Crippen LogP contribution in [-0.4, -0.2) is 42.5 Å². The van der Waals surface area contributed by atoms with E-state index in [1.54, 1.807) is 0 Å². The summed E-state index contributed by atoms with van der Waals surface area (Å²) in [6, 6.07) is 7.62. The number of amides is 2. The van der Waals surface area contributed by atoms with Gasteiger partial charge in [0.2, 0.25) is 11.8 Å². The second-order valence-corrected chi connectivity index (χ2v) is 5.89. The molecule has 2 unspecified atom stereocenters. The number of morpholine rings is 1. The van der Waals surface area contributed by atoms with Crippen LogP contribution in [0.3, 0.4) is 0 Å². The molecule has 1 aliphatic rings. The van der Waals surface area contributed by atoms with Crippen LogP contribution in [0.15, 0.2) is 24.3 Å². The standard InChI is InChI=1S/C17H24N2O3/c1-12-4-6-15(7-5-12)16(18-14(3)20)10-17(21)19-8-9-22-13(2)11-19/h4-7,13,16H,8-11H2,1-3H3,(H,18,20). The van der Waals surface area contributed by atoms with E-state index in [9.17, 15) is 9.59 Å². The molecule has 5 nitrogen and oxygen atoms in total. The van der Waals surface area contributed by atoms with Gasteiger partial charge in [0.05, 0.1) is 25.2 Å². The van der Waals surface area contributed by atoms with Crippen LogP contribution in [0.5, 0.6) is 0 Å². The van der Waals surface area contributed by atoms with Crippen LogP contribution >= 0.6 is 0 Å². The Hall–Kier alpha value is -1.88. The molecule has 0 aromatic heterocycles. The van der Waals surface area contributed by atoms with Crippen LogP contribution in [0.25, 0.3) is 0 Å². The number of carbonyl (C=O) groups excluding carboxylic acids is 2. The van der Waals surface area contributed by atoms with Crippen molar-refractivity contribution in [2.75, 3.05) is 19.7 Å². The number of aryl methyl sites for hydroxylation is 1. The summed E-state index contributed by atoms with van der Waals surface area (Å²) in [5.41, 5.74) is 2.11. The first-order valence-corrected chi connectivity index (χ1v) is 7.68. The third-order valence-electron chi connectivity index (χ3n) is 3.83. The lowest BCUT2D eigenvalue weighted by atomic mass is 10.0. The highest BCUT2D eigenvalue weighted by atomic mass is 16.5. The third kappa shape index (κ3) is 4.56. The second kappa shape index (κ2) is 7.40. The van der Waals surface area contributed by atoms with Gasteiger partial charge in [0, 0.05) is 20.0 Å². The van der Waals surface area contributed by atoms with Gasteiger partial charge in [0.15, 0.2) is 0 Å². The number of nitrogens with zero attached hydrogens (tertiary/aromatic N) is 1. The highest BCUT2D eigenvalue weighted by molar-refractivity contribution is 5.79. The van der Waals surface area contributed by atoms with Crippen molar-refractivity contribution < 1.29 is 14.3 Å². The first-order valence-electron chi connectivity index (χ1n) is 7.68. The van der Waals surface area contributed by atoms with Crippen LogP contribution in [0, 0.1) is 6.92 Å². The van der Waals surface area contributed by atoms with Crippen LogP contribution in [0.4, 0.5) is 0 Å². The number of rotatable bonds is 4. The number of ether oxygens (including phenoxy) is 1. The number of hydrogen-bond donors (Lipinski definition) is 1. The lowest BCUT2D eigenvalue weighted by Crippen LogP contribution is -2.45. The van der Waals surface area contributed by atoms with Crippen molar-refractivity contribution in [1.82, 2.24) is 10.2 Å². The Balaban J connectivity index is 2.07. The van der Waals surface area contributed by atoms with E-state index in [2.05, 4.69) is 5.32 Å². The summed E-state index contributed by atoms with van der Waals surface area (Å²) in [5.74, 6) is -0.0804. The molecule has 2 rings (SSSR count). The minimum atomic E-state index is -0.288. The topological polar surface area (TPSA) is 58.6 Å². The summed E-state index contributed by atoms with van der Waals surface area (Å²) in [4.78, 5) is 25.8. The fourth-order valence-electron chi connectivity index (χ4n) is 2.65. The minimum Gasteiger partial charge on any atom is -0.375 e.